The third-order valence-electron chi connectivity index (χ3n) is 5.34. The van der Waals surface area contributed by atoms with Crippen LogP contribution in [-0.2, 0) is 4.79 Å². The second-order valence-electron chi connectivity index (χ2n) is 7.46. The Hall–Kier alpha value is -3.34. The van der Waals surface area contributed by atoms with Crippen molar-refractivity contribution in [3.8, 4) is 0 Å². The normalized spacial score (nSPS) is 13.9. The van der Waals surface area contributed by atoms with Gasteiger partial charge in [-0.25, -0.2) is 0 Å². The number of fused-ring (bicyclic) bond motifs is 1. The molecule has 1 aliphatic carbocycles. The smallest absolute Gasteiger partial charge is 0.253 e. The molecule has 4 rings (SSSR count). The summed E-state index contributed by atoms with van der Waals surface area (Å²) in [4.78, 5) is 25.1. The largest absolute Gasteiger partial charge is 0.376 e. The highest BCUT2D eigenvalue weighted by atomic mass is 16.2. The van der Waals surface area contributed by atoms with Crippen LogP contribution in [0.4, 0.5) is 11.4 Å². The molecule has 0 spiro atoms. The minimum Gasteiger partial charge on any atom is -0.376 e. The van der Waals surface area contributed by atoms with E-state index in [0.29, 0.717) is 11.3 Å². The van der Waals surface area contributed by atoms with Crippen molar-refractivity contribution in [1.82, 2.24) is 5.32 Å². The molecule has 3 N–H and O–H groups in total. The van der Waals surface area contributed by atoms with E-state index in [9.17, 15) is 9.59 Å². The van der Waals surface area contributed by atoms with Gasteiger partial charge in [0.2, 0.25) is 5.91 Å². The number of amides is 2. The summed E-state index contributed by atoms with van der Waals surface area (Å²) in [6.45, 7) is 0.122. The Morgan fingerprint density at radius 2 is 1.59 bits per heavy atom. The Morgan fingerprint density at radius 3 is 2.41 bits per heavy atom. The fraction of sp³-hybridized carbons (Fsp3) is 0.250. The molecule has 0 bridgehead atoms. The molecule has 0 aromatic heterocycles. The van der Waals surface area contributed by atoms with Gasteiger partial charge in [0.1, 0.15) is 0 Å². The van der Waals surface area contributed by atoms with Crippen molar-refractivity contribution in [1.29, 1.82) is 0 Å². The molecule has 5 nitrogen and oxygen atoms in total. The Labute approximate surface area is 170 Å². The molecular weight excluding hydrogens is 362 g/mol. The molecule has 2 amide bonds. The van der Waals surface area contributed by atoms with Gasteiger partial charge in [0.05, 0.1) is 17.8 Å². The number of para-hydroxylation sites is 1. The summed E-state index contributed by atoms with van der Waals surface area (Å²) in [5, 5.41) is 11.4. The molecule has 5 heteroatoms. The molecule has 1 aliphatic rings. The predicted octanol–water partition coefficient (Wildman–Crippen LogP) is 4.56. The number of anilines is 2. The van der Waals surface area contributed by atoms with Crippen LogP contribution in [0.1, 0.15) is 36.0 Å². The SMILES string of the molecule is O=C(CNc1ccc2ccccc2c1)Nc1ccccc1C(=O)NC1CCCC1. The van der Waals surface area contributed by atoms with Crippen LogP contribution in [0, 0.1) is 0 Å². The maximum atomic E-state index is 12.6. The summed E-state index contributed by atoms with van der Waals surface area (Å²) in [6, 6.07) is 21.5. The summed E-state index contributed by atoms with van der Waals surface area (Å²) in [6.07, 6.45) is 4.36. The average Bonchev–Trinajstić information content (AvgIpc) is 3.25. The number of benzene rings is 3. The zero-order chi connectivity index (χ0) is 20.1. The van der Waals surface area contributed by atoms with Crippen LogP contribution in [0.2, 0.25) is 0 Å². The van der Waals surface area contributed by atoms with E-state index in [-0.39, 0.29) is 24.4 Å². The maximum absolute atomic E-state index is 12.6. The summed E-state index contributed by atoms with van der Waals surface area (Å²) in [5.74, 6) is -0.324. The first-order chi connectivity index (χ1) is 14.2. The van der Waals surface area contributed by atoms with E-state index in [1.54, 1.807) is 12.1 Å². The van der Waals surface area contributed by atoms with Crippen molar-refractivity contribution >= 4 is 34.0 Å². The molecule has 0 unspecified atom stereocenters. The number of rotatable bonds is 6. The average molecular weight is 387 g/mol. The van der Waals surface area contributed by atoms with E-state index in [1.807, 2.05) is 48.5 Å². The van der Waals surface area contributed by atoms with Gasteiger partial charge in [-0.2, -0.15) is 0 Å². The minimum atomic E-state index is -0.195. The molecule has 1 fully saturated rings. The second-order valence-corrected chi connectivity index (χ2v) is 7.46. The Balaban J connectivity index is 1.38. The zero-order valence-corrected chi connectivity index (χ0v) is 16.3. The zero-order valence-electron chi connectivity index (χ0n) is 16.3. The molecule has 0 atom stereocenters. The van der Waals surface area contributed by atoms with Gasteiger partial charge in [-0.3, -0.25) is 9.59 Å². The summed E-state index contributed by atoms with van der Waals surface area (Å²) < 4.78 is 0. The van der Waals surface area contributed by atoms with Crippen molar-refractivity contribution < 1.29 is 9.59 Å². The van der Waals surface area contributed by atoms with Crippen LogP contribution < -0.4 is 16.0 Å². The Morgan fingerprint density at radius 1 is 0.862 bits per heavy atom. The third kappa shape index (κ3) is 4.74. The van der Waals surface area contributed by atoms with Crippen molar-refractivity contribution in [3.05, 3.63) is 72.3 Å². The van der Waals surface area contributed by atoms with Gasteiger partial charge in [-0.15, -0.1) is 0 Å². The first kappa shape index (κ1) is 19.0. The highest BCUT2D eigenvalue weighted by molar-refractivity contribution is 6.04. The number of nitrogens with one attached hydrogen (secondary N) is 3. The molecule has 0 radical (unpaired) electrons. The maximum Gasteiger partial charge on any atom is 0.253 e. The van der Waals surface area contributed by atoms with Gasteiger partial charge in [0, 0.05) is 11.7 Å². The highest BCUT2D eigenvalue weighted by Crippen LogP contribution is 2.21. The fourth-order valence-corrected chi connectivity index (χ4v) is 3.80. The van der Waals surface area contributed by atoms with E-state index in [4.69, 9.17) is 0 Å². The molecule has 0 aliphatic heterocycles. The van der Waals surface area contributed by atoms with Crippen LogP contribution in [0.5, 0.6) is 0 Å². The van der Waals surface area contributed by atoms with Gasteiger partial charge < -0.3 is 16.0 Å². The monoisotopic (exact) mass is 387 g/mol. The Kier molecular flexibility index (Phi) is 5.75. The molecule has 1 saturated carbocycles. The van der Waals surface area contributed by atoms with E-state index in [0.717, 1.165) is 42.1 Å². The highest BCUT2D eigenvalue weighted by Gasteiger charge is 2.20. The van der Waals surface area contributed by atoms with E-state index >= 15 is 0 Å². The molecule has 29 heavy (non-hydrogen) atoms. The van der Waals surface area contributed by atoms with Crippen LogP contribution >= 0.6 is 0 Å². The van der Waals surface area contributed by atoms with Gasteiger partial charge in [0.15, 0.2) is 0 Å². The van der Waals surface area contributed by atoms with Crippen molar-refractivity contribution in [3.63, 3.8) is 0 Å². The standard InChI is InChI=1S/C24H25N3O2/c28-23(16-25-20-14-13-17-7-1-2-8-18(17)15-20)27-22-12-6-5-11-21(22)24(29)26-19-9-3-4-10-19/h1-2,5-8,11-15,19,25H,3-4,9-10,16H2,(H,26,29)(H,27,28). The van der Waals surface area contributed by atoms with Crippen LogP contribution in [-0.4, -0.2) is 24.4 Å². The fourth-order valence-electron chi connectivity index (χ4n) is 3.80. The second kappa shape index (κ2) is 8.78. The molecule has 0 saturated heterocycles. The lowest BCUT2D eigenvalue weighted by atomic mass is 10.1. The first-order valence-electron chi connectivity index (χ1n) is 10.1. The lowest BCUT2D eigenvalue weighted by Gasteiger charge is -2.15. The summed E-state index contributed by atoms with van der Waals surface area (Å²) >= 11 is 0. The lowest BCUT2D eigenvalue weighted by Crippen LogP contribution is -2.33. The van der Waals surface area contributed by atoms with Gasteiger partial charge >= 0.3 is 0 Å². The van der Waals surface area contributed by atoms with Crippen LogP contribution in [0.3, 0.4) is 0 Å². The molecule has 148 valence electrons. The van der Waals surface area contributed by atoms with Gasteiger partial charge in [-0.1, -0.05) is 55.3 Å². The molecule has 3 aromatic carbocycles. The lowest BCUT2D eigenvalue weighted by molar-refractivity contribution is -0.114. The predicted molar refractivity (Wildman–Crippen MR) is 117 cm³/mol. The Bertz CT molecular complexity index is 1030. The van der Waals surface area contributed by atoms with Crippen molar-refractivity contribution in [2.45, 2.75) is 31.7 Å². The number of carbonyl (C=O) groups excluding carboxylic acids is 2. The van der Waals surface area contributed by atoms with Crippen LogP contribution in [0.25, 0.3) is 10.8 Å². The number of hydrogen-bond donors (Lipinski definition) is 3. The summed E-state index contributed by atoms with van der Waals surface area (Å²) in [5.41, 5.74) is 1.91. The molecule has 0 heterocycles. The molecule has 3 aromatic rings. The van der Waals surface area contributed by atoms with Gasteiger partial charge in [0.25, 0.3) is 5.91 Å². The number of carbonyl (C=O) groups is 2. The van der Waals surface area contributed by atoms with Gasteiger partial charge in [-0.05, 0) is 47.9 Å². The quantitative estimate of drug-likeness (QED) is 0.581. The van der Waals surface area contributed by atoms with Crippen LogP contribution in [0.15, 0.2) is 66.7 Å². The van der Waals surface area contributed by atoms with E-state index in [2.05, 4.69) is 22.0 Å². The van der Waals surface area contributed by atoms with E-state index < -0.39 is 0 Å². The third-order valence-corrected chi connectivity index (χ3v) is 5.34. The topological polar surface area (TPSA) is 70.2 Å². The summed E-state index contributed by atoms with van der Waals surface area (Å²) in [7, 11) is 0. The first-order valence-corrected chi connectivity index (χ1v) is 10.1. The van der Waals surface area contributed by atoms with Crippen molar-refractivity contribution in [2.24, 2.45) is 0 Å². The molecular formula is C24H25N3O2. The minimum absolute atomic E-state index is 0.122. The van der Waals surface area contributed by atoms with E-state index in [1.165, 1.54) is 0 Å². The van der Waals surface area contributed by atoms with Crippen molar-refractivity contribution in [2.75, 3.05) is 17.2 Å². The number of hydrogen-bond acceptors (Lipinski definition) is 3.